The molecule has 0 aliphatic carbocycles. The third-order valence-electron chi connectivity index (χ3n) is 2.25. The number of hydrogen-bond donors (Lipinski definition) is 2. The number of unbranched alkanes of at least 4 members (excludes halogenated alkanes) is 1. The topological polar surface area (TPSA) is 58.6 Å². The fourth-order valence-corrected chi connectivity index (χ4v) is 1.27. The first-order valence-electron chi connectivity index (χ1n) is 5.72. The number of benzene rings is 1. The summed E-state index contributed by atoms with van der Waals surface area (Å²) in [7, 11) is 0. The molecule has 0 spiro atoms. The molecule has 0 radical (unpaired) electrons. The zero-order valence-corrected chi connectivity index (χ0v) is 10.1. The molecule has 0 bridgehead atoms. The maximum absolute atomic E-state index is 13.6. The Labute approximate surface area is 105 Å². The van der Waals surface area contributed by atoms with Crippen molar-refractivity contribution in [3.63, 3.8) is 0 Å². The second-order valence-electron chi connectivity index (χ2n) is 3.70. The first-order chi connectivity index (χ1) is 8.67. The van der Waals surface area contributed by atoms with Gasteiger partial charge in [0, 0.05) is 6.08 Å². The van der Waals surface area contributed by atoms with E-state index in [4.69, 9.17) is 9.94 Å². The fraction of sp³-hybridized carbons (Fsp3) is 0.308. The number of carbonyl (C=O) groups is 1. The molecular weight excluding hydrogens is 237 g/mol. The number of halogens is 1. The number of hydroxylamine groups is 1. The molecule has 0 fully saturated rings. The lowest BCUT2D eigenvalue weighted by Gasteiger charge is -2.06. The standard InChI is InChI=1S/C13H16FNO3/c1-2-3-8-18-12-6-4-10(9-11(12)14)5-7-13(16)15-17/h4-7,9,17H,2-3,8H2,1H3,(H,15,16). The first kappa shape index (κ1) is 14.2. The summed E-state index contributed by atoms with van der Waals surface area (Å²) in [6.45, 7) is 2.51. The van der Waals surface area contributed by atoms with E-state index >= 15 is 0 Å². The van der Waals surface area contributed by atoms with E-state index in [0.717, 1.165) is 18.9 Å². The van der Waals surface area contributed by atoms with Crippen molar-refractivity contribution in [2.75, 3.05) is 6.61 Å². The SMILES string of the molecule is CCCCOc1ccc(C=CC(=O)NO)cc1F. The Hall–Kier alpha value is -1.88. The van der Waals surface area contributed by atoms with Crippen LogP contribution in [0.3, 0.4) is 0 Å². The average Bonchev–Trinajstić information content (AvgIpc) is 2.38. The molecule has 0 aliphatic heterocycles. The van der Waals surface area contributed by atoms with Gasteiger partial charge in [-0.25, -0.2) is 9.87 Å². The van der Waals surface area contributed by atoms with Gasteiger partial charge in [0.25, 0.3) is 5.91 Å². The first-order valence-corrected chi connectivity index (χ1v) is 5.72. The van der Waals surface area contributed by atoms with Gasteiger partial charge in [0.1, 0.15) is 0 Å². The van der Waals surface area contributed by atoms with Crippen LogP contribution in [0.5, 0.6) is 5.75 Å². The third kappa shape index (κ3) is 4.55. The molecule has 0 aliphatic rings. The number of carbonyl (C=O) groups excluding carboxylic acids is 1. The fourth-order valence-electron chi connectivity index (χ4n) is 1.27. The molecule has 2 N–H and O–H groups in total. The summed E-state index contributed by atoms with van der Waals surface area (Å²) in [6, 6.07) is 4.41. The molecule has 0 unspecified atom stereocenters. The monoisotopic (exact) mass is 253 g/mol. The number of amides is 1. The molecule has 0 atom stereocenters. The van der Waals surface area contributed by atoms with Crippen LogP contribution in [0.4, 0.5) is 4.39 Å². The van der Waals surface area contributed by atoms with Gasteiger partial charge in [-0.3, -0.25) is 10.0 Å². The molecule has 1 aromatic rings. The van der Waals surface area contributed by atoms with Crippen LogP contribution in [0, 0.1) is 5.82 Å². The smallest absolute Gasteiger partial charge is 0.267 e. The zero-order chi connectivity index (χ0) is 13.4. The van der Waals surface area contributed by atoms with Crippen LogP contribution < -0.4 is 10.2 Å². The van der Waals surface area contributed by atoms with Crippen molar-refractivity contribution in [2.24, 2.45) is 0 Å². The molecule has 98 valence electrons. The summed E-state index contributed by atoms with van der Waals surface area (Å²) in [5.41, 5.74) is 1.96. The van der Waals surface area contributed by atoms with Gasteiger partial charge in [-0.05, 0) is 30.2 Å². The summed E-state index contributed by atoms with van der Waals surface area (Å²) in [5.74, 6) is -0.941. The van der Waals surface area contributed by atoms with Crippen molar-refractivity contribution in [2.45, 2.75) is 19.8 Å². The van der Waals surface area contributed by atoms with Crippen LogP contribution in [-0.4, -0.2) is 17.7 Å². The second kappa shape index (κ2) is 7.45. The molecule has 0 heterocycles. The zero-order valence-electron chi connectivity index (χ0n) is 10.1. The summed E-state index contributed by atoms with van der Waals surface area (Å²) in [4.78, 5) is 10.7. The highest BCUT2D eigenvalue weighted by molar-refractivity contribution is 5.90. The van der Waals surface area contributed by atoms with E-state index in [1.165, 1.54) is 23.7 Å². The molecule has 5 heteroatoms. The highest BCUT2D eigenvalue weighted by atomic mass is 19.1. The van der Waals surface area contributed by atoms with E-state index in [1.54, 1.807) is 6.07 Å². The molecule has 1 amide bonds. The van der Waals surface area contributed by atoms with Gasteiger partial charge < -0.3 is 4.74 Å². The summed E-state index contributed by atoms with van der Waals surface area (Å²) in [5, 5.41) is 8.29. The van der Waals surface area contributed by atoms with Gasteiger partial charge >= 0.3 is 0 Å². The number of ether oxygens (including phenoxy) is 1. The Morgan fingerprint density at radius 3 is 2.94 bits per heavy atom. The molecular formula is C13H16FNO3. The highest BCUT2D eigenvalue weighted by Gasteiger charge is 2.03. The molecule has 1 rings (SSSR count). The van der Waals surface area contributed by atoms with E-state index in [0.29, 0.717) is 12.2 Å². The van der Waals surface area contributed by atoms with E-state index in [2.05, 4.69) is 0 Å². The number of hydrogen-bond acceptors (Lipinski definition) is 3. The quantitative estimate of drug-likeness (QED) is 0.354. The van der Waals surface area contributed by atoms with Gasteiger partial charge in [0.15, 0.2) is 11.6 Å². The summed E-state index contributed by atoms with van der Waals surface area (Å²) < 4.78 is 18.8. The lowest BCUT2D eigenvalue weighted by Crippen LogP contribution is -2.14. The number of nitrogens with one attached hydrogen (secondary N) is 1. The molecule has 1 aromatic carbocycles. The average molecular weight is 253 g/mol. The van der Waals surface area contributed by atoms with Crippen LogP contribution in [-0.2, 0) is 4.79 Å². The maximum Gasteiger partial charge on any atom is 0.267 e. The third-order valence-corrected chi connectivity index (χ3v) is 2.25. The van der Waals surface area contributed by atoms with Gasteiger partial charge in [-0.1, -0.05) is 19.4 Å². The Morgan fingerprint density at radius 1 is 1.56 bits per heavy atom. The normalized spacial score (nSPS) is 10.6. The van der Waals surface area contributed by atoms with E-state index in [9.17, 15) is 9.18 Å². The Bertz CT molecular complexity index is 432. The predicted molar refractivity (Wildman–Crippen MR) is 65.8 cm³/mol. The van der Waals surface area contributed by atoms with Gasteiger partial charge in [0.05, 0.1) is 6.61 Å². The van der Waals surface area contributed by atoms with E-state index in [-0.39, 0.29) is 5.75 Å². The maximum atomic E-state index is 13.6. The van der Waals surface area contributed by atoms with Crippen molar-refractivity contribution < 1.29 is 19.1 Å². The largest absolute Gasteiger partial charge is 0.491 e. The van der Waals surface area contributed by atoms with Crippen LogP contribution in [0.25, 0.3) is 6.08 Å². The van der Waals surface area contributed by atoms with Crippen molar-refractivity contribution in [1.82, 2.24) is 5.48 Å². The van der Waals surface area contributed by atoms with Crippen LogP contribution in [0.1, 0.15) is 25.3 Å². The van der Waals surface area contributed by atoms with Crippen LogP contribution >= 0.6 is 0 Å². The Balaban J connectivity index is 2.67. The Kier molecular flexibility index (Phi) is 5.87. The Morgan fingerprint density at radius 2 is 2.33 bits per heavy atom. The molecule has 4 nitrogen and oxygen atoms in total. The lowest BCUT2D eigenvalue weighted by atomic mass is 10.2. The van der Waals surface area contributed by atoms with Crippen molar-refractivity contribution in [3.05, 3.63) is 35.7 Å². The second-order valence-corrected chi connectivity index (χ2v) is 3.70. The van der Waals surface area contributed by atoms with Gasteiger partial charge in [-0.2, -0.15) is 0 Å². The van der Waals surface area contributed by atoms with Crippen LogP contribution in [0.15, 0.2) is 24.3 Å². The number of rotatable bonds is 6. The lowest BCUT2D eigenvalue weighted by molar-refractivity contribution is -0.124. The van der Waals surface area contributed by atoms with Crippen molar-refractivity contribution in [1.29, 1.82) is 0 Å². The van der Waals surface area contributed by atoms with E-state index in [1.807, 2.05) is 6.92 Å². The molecule has 0 aromatic heterocycles. The van der Waals surface area contributed by atoms with E-state index < -0.39 is 11.7 Å². The minimum atomic E-state index is -0.668. The summed E-state index contributed by atoms with van der Waals surface area (Å²) in [6.07, 6.45) is 4.35. The summed E-state index contributed by atoms with van der Waals surface area (Å²) >= 11 is 0. The van der Waals surface area contributed by atoms with Gasteiger partial charge in [-0.15, -0.1) is 0 Å². The van der Waals surface area contributed by atoms with Crippen molar-refractivity contribution >= 4 is 12.0 Å². The molecule has 18 heavy (non-hydrogen) atoms. The van der Waals surface area contributed by atoms with Crippen molar-refractivity contribution in [3.8, 4) is 5.75 Å². The van der Waals surface area contributed by atoms with Crippen LogP contribution in [0.2, 0.25) is 0 Å². The minimum Gasteiger partial charge on any atom is -0.491 e. The minimum absolute atomic E-state index is 0.201. The predicted octanol–water partition coefficient (Wildman–Crippen LogP) is 2.52. The highest BCUT2D eigenvalue weighted by Crippen LogP contribution is 2.19. The molecule has 0 saturated carbocycles. The molecule has 0 saturated heterocycles. The van der Waals surface area contributed by atoms with Gasteiger partial charge in [0.2, 0.25) is 0 Å².